The van der Waals surface area contributed by atoms with Crippen molar-refractivity contribution in [2.45, 2.75) is 32.7 Å². The summed E-state index contributed by atoms with van der Waals surface area (Å²) < 4.78 is 27.2. The maximum Gasteiger partial charge on any atom is 0.182 e. The Balaban J connectivity index is 2.12. The molecule has 2 nitrogen and oxygen atoms in total. The van der Waals surface area contributed by atoms with Gasteiger partial charge in [-0.2, -0.15) is 0 Å². The second-order valence-corrected chi connectivity index (χ2v) is 5.47. The number of nitrogens with zero attached hydrogens (tertiary/aromatic N) is 1. The Kier molecular flexibility index (Phi) is 4.75. The first-order valence-electron chi connectivity index (χ1n) is 7.04. The molecule has 1 N–H and O–H groups in total. The van der Waals surface area contributed by atoms with Gasteiger partial charge in [-0.15, -0.1) is 0 Å². The third-order valence-corrected chi connectivity index (χ3v) is 3.61. The number of hydrogen-bond donors (Lipinski definition) is 1. The van der Waals surface area contributed by atoms with Crippen LogP contribution in [0.15, 0.2) is 18.2 Å². The smallest absolute Gasteiger partial charge is 0.182 e. The van der Waals surface area contributed by atoms with Crippen molar-refractivity contribution in [1.29, 1.82) is 0 Å². The summed E-state index contributed by atoms with van der Waals surface area (Å²) in [7, 11) is 0. The van der Waals surface area contributed by atoms with E-state index >= 15 is 0 Å². The maximum absolute atomic E-state index is 13.9. The van der Waals surface area contributed by atoms with Crippen molar-refractivity contribution in [3.63, 3.8) is 0 Å². The van der Waals surface area contributed by atoms with Crippen molar-refractivity contribution in [2.24, 2.45) is 5.92 Å². The number of hydrogen-bond acceptors (Lipinski definition) is 2. The molecule has 0 radical (unpaired) electrons. The average molecular weight is 268 g/mol. The van der Waals surface area contributed by atoms with Gasteiger partial charge < -0.3 is 10.2 Å². The fourth-order valence-electron chi connectivity index (χ4n) is 2.78. The van der Waals surface area contributed by atoms with Crippen LogP contribution in [0.3, 0.4) is 0 Å². The molecule has 1 aliphatic heterocycles. The summed E-state index contributed by atoms with van der Waals surface area (Å²) in [6.45, 7) is 6.78. The molecular formula is C15H22F2N2. The van der Waals surface area contributed by atoms with Gasteiger partial charge in [0.15, 0.2) is 11.6 Å². The van der Waals surface area contributed by atoms with Crippen LogP contribution in [0, 0.1) is 17.6 Å². The summed E-state index contributed by atoms with van der Waals surface area (Å²) >= 11 is 0. The minimum Gasteiger partial charge on any atom is -0.367 e. The Bertz CT molecular complexity index is 423. The topological polar surface area (TPSA) is 15.3 Å². The Labute approximate surface area is 113 Å². The first-order valence-corrected chi connectivity index (χ1v) is 7.04. The van der Waals surface area contributed by atoms with Crippen molar-refractivity contribution >= 4 is 5.69 Å². The first kappa shape index (κ1) is 14.3. The lowest BCUT2D eigenvalue weighted by Crippen LogP contribution is -2.49. The standard InChI is InChI=1S/C15H22F2N2/c1-3-7-18-12-8-11(2)9-19(10-12)14-6-4-5-13(16)15(14)17/h4-6,11-12,18H,3,7-10H2,1-2H3. The molecule has 0 spiro atoms. The molecule has 2 unspecified atom stereocenters. The second kappa shape index (κ2) is 6.33. The second-order valence-electron chi connectivity index (χ2n) is 5.47. The molecule has 1 saturated heterocycles. The summed E-state index contributed by atoms with van der Waals surface area (Å²) in [6, 6.07) is 4.75. The Morgan fingerprint density at radius 2 is 2.11 bits per heavy atom. The molecule has 1 aliphatic rings. The van der Waals surface area contributed by atoms with Gasteiger partial charge in [-0.05, 0) is 37.4 Å². The quantitative estimate of drug-likeness (QED) is 0.902. The third-order valence-electron chi connectivity index (χ3n) is 3.61. The van der Waals surface area contributed by atoms with Crippen LogP contribution in [0.5, 0.6) is 0 Å². The molecule has 106 valence electrons. The van der Waals surface area contributed by atoms with Gasteiger partial charge in [-0.1, -0.05) is 19.9 Å². The van der Waals surface area contributed by atoms with Gasteiger partial charge in [0.25, 0.3) is 0 Å². The van der Waals surface area contributed by atoms with Gasteiger partial charge in [0, 0.05) is 19.1 Å². The van der Waals surface area contributed by atoms with Gasteiger partial charge in [0.2, 0.25) is 0 Å². The highest BCUT2D eigenvalue weighted by Gasteiger charge is 2.26. The minimum absolute atomic E-state index is 0.353. The fraction of sp³-hybridized carbons (Fsp3) is 0.600. The number of piperidine rings is 1. The van der Waals surface area contributed by atoms with Crippen molar-refractivity contribution < 1.29 is 8.78 Å². The van der Waals surface area contributed by atoms with E-state index in [-0.39, 0.29) is 0 Å². The zero-order valence-corrected chi connectivity index (χ0v) is 11.6. The van der Waals surface area contributed by atoms with E-state index in [0.29, 0.717) is 17.6 Å². The van der Waals surface area contributed by atoms with E-state index in [1.807, 2.05) is 4.90 Å². The normalized spacial score (nSPS) is 23.7. The molecule has 1 aromatic carbocycles. The van der Waals surface area contributed by atoms with E-state index in [2.05, 4.69) is 19.2 Å². The van der Waals surface area contributed by atoms with Gasteiger partial charge in [-0.25, -0.2) is 8.78 Å². The van der Waals surface area contributed by atoms with Crippen LogP contribution >= 0.6 is 0 Å². The lowest BCUT2D eigenvalue weighted by molar-refractivity contribution is 0.348. The molecule has 0 aliphatic carbocycles. The lowest BCUT2D eigenvalue weighted by atomic mass is 9.95. The van der Waals surface area contributed by atoms with Crippen LogP contribution in [0.25, 0.3) is 0 Å². The minimum atomic E-state index is -0.770. The number of rotatable bonds is 4. The zero-order chi connectivity index (χ0) is 13.8. The molecule has 1 heterocycles. The molecular weight excluding hydrogens is 246 g/mol. The van der Waals surface area contributed by atoms with Crippen LogP contribution in [0.2, 0.25) is 0 Å². The van der Waals surface area contributed by atoms with Crippen molar-refractivity contribution in [3.8, 4) is 0 Å². The Morgan fingerprint density at radius 3 is 2.84 bits per heavy atom. The summed E-state index contributed by atoms with van der Waals surface area (Å²) in [5.41, 5.74) is 0.384. The van der Waals surface area contributed by atoms with Crippen molar-refractivity contribution in [2.75, 3.05) is 24.5 Å². The van der Waals surface area contributed by atoms with E-state index in [1.54, 1.807) is 12.1 Å². The summed E-state index contributed by atoms with van der Waals surface area (Å²) in [5.74, 6) is -1.02. The van der Waals surface area contributed by atoms with Crippen molar-refractivity contribution in [3.05, 3.63) is 29.8 Å². The molecule has 0 saturated carbocycles. The number of nitrogens with one attached hydrogen (secondary N) is 1. The number of anilines is 1. The van der Waals surface area contributed by atoms with Crippen LogP contribution in [0.1, 0.15) is 26.7 Å². The third kappa shape index (κ3) is 3.44. The number of halogens is 2. The van der Waals surface area contributed by atoms with Gasteiger partial charge >= 0.3 is 0 Å². The highest BCUT2D eigenvalue weighted by atomic mass is 19.2. The summed E-state index contributed by atoms with van der Waals surface area (Å²) in [4.78, 5) is 1.96. The van der Waals surface area contributed by atoms with E-state index < -0.39 is 11.6 Å². The molecule has 0 bridgehead atoms. The number of benzene rings is 1. The zero-order valence-electron chi connectivity index (χ0n) is 11.6. The molecule has 0 amide bonds. The van der Waals surface area contributed by atoms with E-state index in [4.69, 9.17) is 0 Å². The van der Waals surface area contributed by atoms with E-state index in [0.717, 1.165) is 32.5 Å². The van der Waals surface area contributed by atoms with Crippen LogP contribution in [-0.4, -0.2) is 25.7 Å². The van der Waals surface area contributed by atoms with Gasteiger partial charge in [0.1, 0.15) is 0 Å². The molecule has 1 aromatic rings. The monoisotopic (exact) mass is 268 g/mol. The van der Waals surface area contributed by atoms with Gasteiger partial charge in [0.05, 0.1) is 5.69 Å². The highest BCUT2D eigenvalue weighted by Crippen LogP contribution is 2.26. The molecule has 0 aromatic heterocycles. The Hall–Kier alpha value is -1.16. The predicted molar refractivity (Wildman–Crippen MR) is 74.4 cm³/mol. The maximum atomic E-state index is 13.9. The predicted octanol–water partition coefficient (Wildman–Crippen LogP) is 3.18. The Morgan fingerprint density at radius 1 is 1.32 bits per heavy atom. The fourth-order valence-corrected chi connectivity index (χ4v) is 2.78. The molecule has 19 heavy (non-hydrogen) atoms. The molecule has 1 fully saturated rings. The molecule has 2 rings (SSSR count). The lowest BCUT2D eigenvalue weighted by Gasteiger charge is -2.38. The van der Waals surface area contributed by atoms with Crippen LogP contribution in [0.4, 0.5) is 14.5 Å². The average Bonchev–Trinajstić information content (AvgIpc) is 2.39. The van der Waals surface area contributed by atoms with Crippen molar-refractivity contribution in [1.82, 2.24) is 5.32 Å². The SMILES string of the molecule is CCCNC1CC(C)CN(c2cccc(F)c2F)C1. The summed E-state index contributed by atoms with van der Waals surface area (Å²) in [6.07, 6.45) is 2.17. The molecule has 2 atom stereocenters. The van der Waals surface area contributed by atoms with E-state index in [1.165, 1.54) is 6.07 Å². The highest BCUT2D eigenvalue weighted by molar-refractivity contribution is 5.48. The van der Waals surface area contributed by atoms with Crippen LogP contribution in [-0.2, 0) is 0 Å². The largest absolute Gasteiger partial charge is 0.367 e. The van der Waals surface area contributed by atoms with E-state index in [9.17, 15) is 8.78 Å². The summed E-state index contributed by atoms with van der Waals surface area (Å²) in [5, 5.41) is 3.48. The van der Waals surface area contributed by atoms with Gasteiger partial charge in [-0.3, -0.25) is 0 Å². The first-order chi connectivity index (χ1) is 9.11. The molecule has 4 heteroatoms. The van der Waals surface area contributed by atoms with Crippen LogP contribution < -0.4 is 10.2 Å².